The van der Waals surface area contributed by atoms with E-state index >= 15 is 0 Å². The summed E-state index contributed by atoms with van der Waals surface area (Å²) in [5.74, 6) is 2.08. The zero-order chi connectivity index (χ0) is 18.8. The Hall–Kier alpha value is -2.38. The SMILES string of the molecule is CCCc1ccc(CN2CCCn3nc([C@@H](O)c4ccnn4C)cc3C2)o1. The number of rotatable bonds is 6. The Morgan fingerprint density at radius 3 is 2.85 bits per heavy atom. The molecule has 4 heterocycles. The molecule has 144 valence electrons. The number of aliphatic hydroxyl groups is 1. The van der Waals surface area contributed by atoms with Gasteiger partial charge < -0.3 is 9.52 Å². The van der Waals surface area contributed by atoms with E-state index in [0.29, 0.717) is 5.69 Å². The normalized spacial score (nSPS) is 16.3. The highest BCUT2D eigenvalue weighted by atomic mass is 16.3. The first-order chi connectivity index (χ1) is 13.1. The van der Waals surface area contributed by atoms with E-state index in [9.17, 15) is 5.11 Å². The second-order valence-corrected chi connectivity index (χ2v) is 7.25. The van der Waals surface area contributed by atoms with Crippen molar-refractivity contribution in [2.45, 2.75) is 51.9 Å². The molecule has 0 unspecified atom stereocenters. The molecule has 0 aromatic carbocycles. The van der Waals surface area contributed by atoms with E-state index in [-0.39, 0.29) is 0 Å². The van der Waals surface area contributed by atoms with E-state index in [1.165, 1.54) is 0 Å². The predicted octanol–water partition coefficient (Wildman–Crippen LogP) is 2.65. The summed E-state index contributed by atoms with van der Waals surface area (Å²) in [5.41, 5.74) is 2.56. The largest absolute Gasteiger partial charge is 0.465 e. The number of hydrogen-bond donors (Lipinski definition) is 1. The van der Waals surface area contributed by atoms with Crippen LogP contribution in [0, 0.1) is 0 Å². The molecule has 1 atom stereocenters. The van der Waals surface area contributed by atoms with Crippen molar-refractivity contribution >= 4 is 0 Å². The number of fused-ring (bicyclic) bond motifs is 1. The molecule has 7 heteroatoms. The van der Waals surface area contributed by atoms with Crippen molar-refractivity contribution in [1.82, 2.24) is 24.5 Å². The lowest BCUT2D eigenvalue weighted by Gasteiger charge is -2.17. The van der Waals surface area contributed by atoms with Gasteiger partial charge in [0.1, 0.15) is 17.6 Å². The van der Waals surface area contributed by atoms with E-state index in [1.807, 2.05) is 23.9 Å². The molecule has 7 nitrogen and oxygen atoms in total. The summed E-state index contributed by atoms with van der Waals surface area (Å²) in [6.07, 6.45) is 4.04. The minimum Gasteiger partial charge on any atom is -0.465 e. The van der Waals surface area contributed by atoms with Crippen molar-refractivity contribution in [2.75, 3.05) is 6.54 Å². The highest BCUT2D eigenvalue weighted by molar-refractivity contribution is 5.22. The van der Waals surface area contributed by atoms with Crippen LogP contribution in [-0.2, 0) is 33.1 Å². The first kappa shape index (κ1) is 18.0. The predicted molar refractivity (Wildman–Crippen MR) is 101 cm³/mol. The Kier molecular flexibility index (Phi) is 5.13. The fourth-order valence-corrected chi connectivity index (χ4v) is 3.73. The van der Waals surface area contributed by atoms with Gasteiger partial charge in [0.2, 0.25) is 0 Å². The van der Waals surface area contributed by atoms with E-state index in [4.69, 9.17) is 4.42 Å². The van der Waals surface area contributed by atoms with Crippen LogP contribution in [0.4, 0.5) is 0 Å². The molecule has 0 saturated carbocycles. The van der Waals surface area contributed by atoms with Gasteiger partial charge >= 0.3 is 0 Å². The summed E-state index contributed by atoms with van der Waals surface area (Å²) in [4.78, 5) is 2.38. The van der Waals surface area contributed by atoms with E-state index < -0.39 is 6.10 Å². The minimum absolute atomic E-state index is 0.679. The molecule has 4 rings (SSSR count). The Bertz CT molecular complexity index is 894. The van der Waals surface area contributed by atoms with Gasteiger partial charge in [-0.05, 0) is 37.1 Å². The van der Waals surface area contributed by atoms with Crippen molar-refractivity contribution in [1.29, 1.82) is 0 Å². The van der Waals surface area contributed by atoms with Gasteiger partial charge in [-0.15, -0.1) is 0 Å². The minimum atomic E-state index is -0.757. The van der Waals surface area contributed by atoms with Gasteiger partial charge in [0.05, 0.1) is 23.6 Å². The molecule has 0 aliphatic carbocycles. The zero-order valence-electron chi connectivity index (χ0n) is 16.0. The molecule has 3 aromatic rings. The molecule has 1 aliphatic rings. The average Bonchev–Trinajstić information content (AvgIpc) is 3.34. The van der Waals surface area contributed by atoms with E-state index in [1.54, 1.807) is 10.9 Å². The van der Waals surface area contributed by atoms with Crippen molar-refractivity contribution in [3.63, 3.8) is 0 Å². The lowest BCUT2D eigenvalue weighted by molar-refractivity contribution is 0.203. The summed E-state index contributed by atoms with van der Waals surface area (Å²) in [6.45, 7) is 5.63. The van der Waals surface area contributed by atoms with E-state index in [2.05, 4.69) is 34.2 Å². The van der Waals surface area contributed by atoms with Crippen LogP contribution in [0.3, 0.4) is 0 Å². The molecule has 3 aromatic heterocycles. The number of furan rings is 1. The fraction of sp³-hybridized carbons (Fsp3) is 0.500. The Labute approximate surface area is 159 Å². The average molecular weight is 369 g/mol. The third-order valence-corrected chi connectivity index (χ3v) is 5.12. The lowest BCUT2D eigenvalue weighted by Crippen LogP contribution is -2.22. The highest BCUT2D eigenvalue weighted by Gasteiger charge is 2.22. The second kappa shape index (κ2) is 7.70. The second-order valence-electron chi connectivity index (χ2n) is 7.25. The maximum absolute atomic E-state index is 10.7. The summed E-state index contributed by atoms with van der Waals surface area (Å²) in [5, 5.41) is 19.5. The van der Waals surface area contributed by atoms with Gasteiger partial charge in [0.25, 0.3) is 0 Å². The van der Waals surface area contributed by atoms with Gasteiger partial charge in [0, 0.05) is 39.3 Å². The maximum Gasteiger partial charge on any atom is 0.139 e. The summed E-state index contributed by atoms with van der Waals surface area (Å²) >= 11 is 0. The van der Waals surface area contributed by atoms with Crippen molar-refractivity contribution < 1.29 is 9.52 Å². The summed E-state index contributed by atoms with van der Waals surface area (Å²) in [6, 6.07) is 8.01. The molecule has 0 amide bonds. The van der Waals surface area contributed by atoms with E-state index in [0.717, 1.165) is 68.3 Å². The number of aromatic nitrogens is 4. The summed E-state index contributed by atoms with van der Waals surface area (Å²) in [7, 11) is 1.83. The van der Waals surface area contributed by atoms with Crippen molar-refractivity contribution in [2.24, 2.45) is 7.05 Å². The van der Waals surface area contributed by atoms with Gasteiger partial charge in [-0.2, -0.15) is 10.2 Å². The first-order valence-corrected chi connectivity index (χ1v) is 9.66. The van der Waals surface area contributed by atoms with Crippen LogP contribution in [0.1, 0.15) is 54.5 Å². The smallest absolute Gasteiger partial charge is 0.139 e. The maximum atomic E-state index is 10.7. The Morgan fingerprint density at radius 2 is 2.07 bits per heavy atom. The molecule has 0 saturated heterocycles. The van der Waals surface area contributed by atoms with Crippen LogP contribution in [-0.4, -0.2) is 36.1 Å². The van der Waals surface area contributed by atoms with Crippen molar-refractivity contribution in [3.8, 4) is 0 Å². The number of nitrogens with zero attached hydrogens (tertiary/aromatic N) is 5. The van der Waals surface area contributed by atoms with Gasteiger partial charge in [0.15, 0.2) is 0 Å². The molecule has 0 bridgehead atoms. The number of aryl methyl sites for hydroxylation is 3. The lowest BCUT2D eigenvalue weighted by atomic mass is 10.2. The molecule has 0 radical (unpaired) electrons. The highest BCUT2D eigenvalue weighted by Crippen LogP contribution is 2.24. The Balaban J connectivity index is 1.48. The molecular weight excluding hydrogens is 342 g/mol. The van der Waals surface area contributed by atoms with Crippen LogP contribution >= 0.6 is 0 Å². The van der Waals surface area contributed by atoms with Crippen molar-refractivity contribution in [3.05, 3.63) is 59.1 Å². The number of hydrogen-bond acceptors (Lipinski definition) is 5. The fourth-order valence-electron chi connectivity index (χ4n) is 3.73. The summed E-state index contributed by atoms with van der Waals surface area (Å²) < 4.78 is 9.66. The van der Waals surface area contributed by atoms with Crippen LogP contribution in [0.25, 0.3) is 0 Å². The van der Waals surface area contributed by atoms with Gasteiger partial charge in [-0.1, -0.05) is 6.92 Å². The molecule has 0 spiro atoms. The van der Waals surface area contributed by atoms with Crippen LogP contribution < -0.4 is 0 Å². The Morgan fingerprint density at radius 1 is 1.22 bits per heavy atom. The third-order valence-electron chi connectivity index (χ3n) is 5.12. The monoisotopic (exact) mass is 369 g/mol. The third kappa shape index (κ3) is 3.84. The molecular formula is C20H27N5O2. The molecule has 0 fully saturated rings. The molecule has 1 aliphatic heterocycles. The molecule has 27 heavy (non-hydrogen) atoms. The first-order valence-electron chi connectivity index (χ1n) is 9.66. The quantitative estimate of drug-likeness (QED) is 0.723. The van der Waals surface area contributed by atoms with Crippen LogP contribution in [0.15, 0.2) is 34.9 Å². The zero-order valence-corrected chi connectivity index (χ0v) is 16.0. The molecule has 1 N–H and O–H groups in total. The van der Waals surface area contributed by atoms with Crippen LogP contribution in [0.2, 0.25) is 0 Å². The van der Waals surface area contributed by atoms with Gasteiger partial charge in [-0.25, -0.2) is 0 Å². The topological polar surface area (TPSA) is 72.2 Å². The number of aliphatic hydroxyl groups excluding tert-OH is 1. The van der Waals surface area contributed by atoms with Gasteiger partial charge in [-0.3, -0.25) is 14.3 Å². The van der Waals surface area contributed by atoms with Crippen LogP contribution in [0.5, 0.6) is 0 Å². The standard InChI is InChI=1S/C20H27N5O2/c1-3-5-16-6-7-17(27-16)14-24-10-4-11-25-15(13-24)12-18(22-25)20(26)19-8-9-21-23(19)2/h6-9,12,20,26H,3-5,10-11,13-14H2,1-2H3/t20-/m1/s1.